The second-order valence-electron chi connectivity index (χ2n) is 6.64. The van der Waals surface area contributed by atoms with Gasteiger partial charge in [-0.1, -0.05) is 29.8 Å². The van der Waals surface area contributed by atoms with Crippen molar-refractivity contribution in [2.75, 3.05) is 20.2 Å². The highest BCUT2D eigenvalue weighted by Crippen LogP contribution is 2.24. The topological polar surface area (TPSA) is 58.2 Å². The van der Waals surface area contributed by atoms with E-state index in [9.17, 15) is 4.79 Å². The van der Waals surface area contributed by atoms with E-state index < -0.39 is 0 Å². The Hall–Kier alpha value is -2.40. The van der Waals surface area contributed by atoms with Gasteiger partial charge in [-0.15, -0.1) is 0 Å². The quantitative estimate of drug-likeness (QED) is 0.852. The van der Waals surface area contributed by atoms with Gasteiger partial charge in [0.25, 0.3) is 0 Å². The van der Waals surface area contributed by atoms with Gasteiger partial charge in [-0.2, -0.15) is 0 Å². The zero-order valence-corrected chi connectivity index (χ0v) is 14.8. The summed E-state index contributed by atoms with van der Waals surface area (Å²) in [5.74, 6) is 0.351. The Kier molecular flexibility index (Phi) is 5.66. The van der Waals surface area contributed by atoms with Crippen LogP contribution in [0.15, 0.2) is 42.9 Å². The summed E-state index contributed by atoms with van der Waals surface area (Å²) in [6.07, 6.45) is 8.68. The number of carbonyl (C=O) groups is 1. The number of methoxy groups -OCH3 is 1. The van der Waals surface area contributed by atoms with Crippen LogP contribution in [0.2, 0.25) is 0 Å². The molecule has 1 aromatic carbocycles. The van der Waals surface area contributed by atoms with E-state index in [1.165, 1.54) is 11.1 Å². The zero-order valence-electron chi connectivity index (χ0n) is 14.8. The number of aromatic amines is 1. The minimum atomic E-state index is 0.0399. The Morgan fingerprint density at radius 2 is 2.20 bits per heavy atom. The van der Waals surface area contributed by atoms with Gasteiger partial charge >= 0.3 is 0 Å². The molecule has 132 valence electrons. The molecule has 25 heavy (non-hydrogen) atoms. The molecule has 1 amide bonds. The van der Waals surface area contributed by atoms with Crippen LogP contribution in [0.5, 0.6) is 0 Å². The third-order valence-electron chi connectivity index (χ3n) is 4.82. The third kappa shape index (κ3) is 4.57. The van der Waals surface area contributed by atoms with E-state index in [1.807, 2.05) is 4.90 Å². The molecule has 2 aromatic rings. The summed E-state index contributed by atoms with van der Waals surface area (Å²) in [5.41, 5.74) is 3.38. The van der Waals surface area contributed by atoms with Crippen LogP contribution in [0.4, 0.5) is 0 Å². The lowest BCUT2D eigenvalue weighted by atomic mass is 9.88. The number of nitrogens with zero attached hydrogens (tertiary/aromatic N) is 2. The van der Waals surface area contributed by atoms with E-state index in [-0.39, 0.29) is 12.0 Å². The van der Waals surface area contributed by atoms with Gasteiger partial charge in [0.15, 0.2) is 0 Å². The van der Waals surface area contributed by atoms with Crippen molar-refractivity contribution in [2.24, 2.45) is 5.92 Å². The Bertz CT molecular complexity index is 707. The molecule has 1 N–H and O–H groups in total. The Morgan fingerprint density at radius 3 is 2.88 bits per heavy atom. The predicted molar refractivity (Wildman–Crippen MR) is 98.0 cm³/mol. The van der Waals surface area contributed by atoms with Crippen LogP contribution in [0.25, 0.3) is 6.08 Å². The molecule has 0 saturated carbocycles. The Labute approximate surface area is 148 Å². The molecule has 1 saturated heterocycles. The number of hydrogen-bond donors (Lipinski definition) is 1. The number of ether oxygens (including phenoxy) is 1. The smallest absolute Gasteiger partial charge is 0.246 e. The fraction of sp³-hybridized carbons (Fsp3) is 0.400. The van der Waals surface area contributed by atoms with Crippen LogP contribution in [0, 0.1) is 12.8 Å². The summed E-state index contributed by atoms with van der Waals surface area (Å²) in [6, 6.07) is 8.61. The van der Waals surface area contributed by atoms with Crippen molar-refractivity contribution in [3.63, 3.8) is 0 Å². The largest absolute Gasteiger partial charge is 0.381 e. The van der Waals surface area contributed by atoms with Gasteiger partial charge in [0.1, 0.15) is 0 Å². The first-order chi connectivity index (χ1) is 12.2. The van der Waals surface area contributed by atoms with E-state index in [0.717, 1.165) is 31.6 Å². The summed E-state index contributed by atoms with van der Waals surface area (Å²) in [4.78, 5) is 21.3. The van der Waals surface area contributed by atoms with Crippen molar-refractivity contribution in [2.45, 2.75) is 25.9 Å². The van der Waals surface area contributed by atoms with E-state index in [1.54, 1.807) is 31.8 Å². The monoisotopic (exact) mass is 339 g/mol. The van der Waals surface area contributed by atoms with Crippen molar-refractivity contribution in [1.29, 1.82) is 0 Å². The van der Waals surface area contributed by atoms with Gasteiger partial charge in [-0.3, -0.25) is 4.79 Å². The van der Waals surface area contributed by atoms with Gasteiger partial charge < -0.3 is 14.6 Å². The summed E-state index contributed by atoms with van der Waals surface area (Å²) in [6.45, 7) is 3.54. The first-order valence-corrected chi connectivity index (χ1v) is 8.69. The maximum atomic E-state index is 12.5. The highest BCUT2D eigenvalue weighted by molar-refractivity contribution is 5.91. The number of piperidine rings is 1. The maximum absolute atomic E-state index is 12.5. The zero-order chi connectivity index (χ0) is 17.6. The summed E-state index contributed by atoms with van der Waals surface area (Å²) >= 11 is 0. The molecule has 5 heteroatoms. The fourth-order valence-electron chi connectivity index (χ4n) is 3.37. The number of hydrogen-bond acceptors (Lipinski definition) is 3. The van der Waals surface area contributed by atoms with Crippen molar-refractivity contribution in [3.8, 4) is 0 Å². The number of aryl methyl sites for hydroxylation is 1. The highest BCUT2D eigenvalue weighted by Gasteiger charge is 2.30. The van der Waals surface area contributed by atoms with Crippen molar-refractivity contribution in [3.05, 3.63) is 59.7 Å². The number of benzene rings is 1. The van der Waals surface area contributed by atoms with Crippen LogP contribution in [0.1, 0.15) is 23.2 Å². The van der Waals surface area contributed by atoms with E-state index in [4.69, 9.17) is 4.74 Å². The summed E-state index contributed by atoms with van der Waals surface area (Å²) in [5, 5.41) is 0. The lowest BCUT2D eigenvalue weighted by Crippen LogP contribution is -2.46. The second-order valence-corrected chi connectivity index (χ2v) is 6.64. The van der Waals surface area contributed by atoms with Crippen molar-refractivity contribution in [1.82, 2.24) is 14.9 Å². The summed E-state index contributed by atoms with van der Waals surface area (Å²) < 4.78 is 5.68. The maximum Gasteiger partial charge on any atom is 0.246 e. The molecule has 0 spiro atoms. The Balaban J connectivity index is 1.65. The van der Waals surface area contributed by atoms with Crippen molar-refractivity contribution < 1.29 is 9.53 Å². The van der Waals surface area contributed by atoms with Crippen LogP contribution in [-0.2, 0) is 16.0 Å². The number of imidazole rings is 1. The minimum absolute atomic E-state index is 0.0399. The number of nitrogens with one attached hydrogen (secondary N) is 1. The average Bonchev–Trinajstić information content (AvgIpc) is 3.15. The lowest BCUT2D eigenvalue weighted by Gasteiger charge is -2.37. The molecule has 0 bridgehead atoms. The number of aromatic nitrogens is 2. The molecule has 2 atom stereocenters. The SMILES string of the molecule is CO[C@@H]1CCN(C(=O)/C=C/c2cnc[nH]2)C[C@H]1Cc1ccc(C)cc1. The molecule has 0 aliphatic carbocycles. The van der Waals surface area contributed by atoms with Gasteiger partial charge in [-0.25, -0.2) is 4.98 Å². The standard InChI is InChI=1S/C20H25N3O2/c1-15-3-5-16(6-4-15)11-17-13-23(10-9-19(17)25-2)20(24)8-7-18-12-21-14-22-18/h3-8,12,14,17,19H,9-11,13H2,1-2H3,(H,21,22)/b8-7+/t17-,19-/m1/s1. The van der Waals surface area contributed by atoms with Gasteiger partial charge in [-0.05, 0) is 31.4 Å². The lowest BCUT2D eigenvalue weighted by molar-refractivity contribution is -0.130. The van der Waals surface area contributed by atoms with Crippen molar-refractivity contribution >= 4 is 12.0 Å². The molecule has 3 rings (SSSR count). The van der Waals surface area contributed by atoms with Gasteiger partial charge in [0.2, 0.25) is 5.91 Å². The van der Waals surface area contributed by atoms with Gasteiger partial charge in [0, 0.05) is 32.2 Å². The number of likely N-dealkylation sites (tertiary alicyclic amines) is 1. The molecule has 0 unspecified atom stereocenters. The third-order valence-corrected chi connectivity index (χ3v) is 4.82. The predicted octanol–water partition coefficient (Wildman–Crippen LogP) is 2.84. The highest BCUT2D eigenvalue weighted by atomic mass is 16.5. The fourth-order valence-corrected chi connectivity index (χ4v) is 3.37. The van der Waals surface area contributed by atoms with Crippen LogP contribution in [0.3, 0.4) is 0 Å². The molecule has 5 nitrogen and oxygen atoms in total. The van der Waals surface area contributed by atoms with E-state index in [0.29, 0.717) is 5.92 Å². The molecular formula is C20H25N3O2. The van der Waals surface area contributed by atoms with Crippen LogP contribution < -0.4 is 0 Å². The number of H-pyrrole nitrogens is 1. The molecule has 1 fully saturated rings. The normalized spacial score (nSPS) is 21.0. The molecule has 2 heterocycles. The van der Waals surface area contributed by atoms with Crippen LogP contribution in [-0.4, -0.2) is 47.1 Å². The molecule has 0 radical (unpaired) electrons. The second kappa shape index (κ2) is 8.12. The molecule has 1 aliphatic heterocycles. The first kappa shape index (κ1) is 17.4. The summed E-state index contributed by atoms with van der Waals surface area (Å²) in [7, 11) is 1.77. The van der Waals surface area contributed by atoms with E-state index >= 15 is 0 Å². The number of carbonyl (C=O) groups excluding carboxylic acids is 1. The molecular weight excluding hydrogens is 314 g/mol. The Morgan fingerprint density at radius 1 is 1.40 bits per heavy atom. The number of rotatable bonds is 5. The molecule has 1 aromatic heterocycles. The van der Waals surface area contributed by atoms with Crippen LogP contribution >= 0.6 is 0 Å². The molecule has 1 aliphatic rings. The minimum Gasteiger partial charge on any atom is -0.381 e. The van der Waals surface area contributed by atoms with E-state index in [2.05, 4.69) is 41.2 Å². The van der Waals surface area contributed by atoms with Gasteiger partial charge in [0.05, 0.1) is 24.3 Å². The first-order valence-electron chi connectivity index (χ1n) is 8.69. The average molecular weight is 339 g/mol. The number of amides is 1.